The van der Waals surface area contributed by atoms with Crippen molar-refractivity contribution in [3.05, 3.63) is 28.8 Å². The van der Waals surface area contributed by atoms with Gasteiger partial charge in [-0.1, -0.05) is 24.4 Å². The lowest BCUT2D eigenvalue weighted by atomic mass is 10.1. The number of aromatic hydroxyl groups is 1. The zero-order valence-corrected chi connectivity index (χ0v) is 11.5. The van der Waals surface area contributed by atoms with E-state index in [-0.39, 0.29) is 16.7 Å². The molecule has 1 aliphatic rings. The van der Waals surface area contributed by atoms with Crippen LogP contribution in [0.2, 0.25) is 5.02 Å². The SMILES string of the molecule is O=C(NC[C@@H]1CCCCCN1)c1ccc(O)c(Cl)c1. The number of phenolic OH excluding ortho intramolecular Hbond substituents is 1. The first-order valence-corrected chi connectivity index (χ1v) is 7.04. The van der Waals surface area contributed by atoms with Crippen LogP contribution in [0.4, 0.5) is 0 Å². The summed E-state index contributed by atoms with van der Waals surface area (Å²) in [5.41, 5.74) is 0.469. The molecule has 3 N–H and O–H groups in total. The van der Waals surface area contributed by atoms with E-state index in [4.69, 9.17) is 11.6 Å². The lowest BCUT2D eigenvalue weighted by Crippen LogP contribution is -2.40. The van der Waals surface area contributed by atoms with Crippen LogP contribution in [0.5, 0.6) is 5.75 Å². The maximum absolute atomic E-state index is 12.0. The maximum Gasteiger partial charge on any atom is 0.251 e. The highest BCUT2D eigenvalue weighted by Crippen LogP contribution is 2.23. The summed E-state index contributed by atoms with van der Waals surface area (Å²) >= 11 is 5.79. The van der Waals surface area contributed by atoms with Crippen molar-refractivity contribution in [2.45, 2.75) is 31.7 Å². The molecule has 19 heavy (non-hydrogen) atoms. The van der Waals surface area contributed by atoms with Crippen LogP contribution in [0.3, 0.4) is 0 Å². The number of benzene rings is 1. The molecule has 0 saturated carbocycles. The third kappa shape index (κ3) is 4.11. The lowest BCUT2D eigenvalue weighted by Gasteiger charge is -2.16. The second-order valence-corrected chi connectivity index (χ2v) is 5.28. The Morgan fingerprint density at radius 3 is 3.05 bits per heavy atom. The van der Waals surface area contributed by atoms with Gasteiger partial charge < -0.3 is 15.7 Å². The molecule has 2 rings (SSSR count). The first-order chi connectivity index (χ1) is 9.16. The van der Waals surface area contributed by atoms with E-state index < -0.39 is 0 Å². The summed E-state index contributed by atoms with van der Waals surface area (Å²) in [6.07, 6.45) is 4.76. The zero-order valence-electron chi connectivity index (χ0n) is 10.8. The second-order valence-electron chi connectivity index (χ2n) is 4.88. The number of phenols is 1. The largest absolute Gasteiger partial charge is 0.506 e. The molecular weight excluding hydrogens is 264 g/mol. The van der Waals surface area contributed by atoms with Crippen molar-refractivity contribution in [3.8, 4) is 5.75 Å². The Balaban J connectivity index is 1.87. The monoisotopic (exact) mass is 282 g/mol. The van der Waals surface area contributed by atoms with Crippen molar-refractivity contribution in [2.24, 2.45) is 0 Å². The summed E-state index contributed by atoms with van der Waals surface area (Å²) in [6, 6.07) is 4.82. The van der Waals surface area contributed by atoms with E-state index in [1.165, 1.54) is 31.4 Å². The smallest absolute Gasteiger partial charge is 0.251 e. The van der Waals surface area contributed by atoms with Gasteiger partial charge in [-0.05, 0) is 37.6 Å². The minimum Gasteiger partial charge on any atom is -0.506 e. The molecule has 1 heterocycles. The van der Waals surface area contributed by atoms with Crippen LogP contribution < -0.4 is 10.6 Å². The van der Waals surface area contributed by atoms with Gasteiger partial charge in [-0.15, -0.1) is 0 Å². The number of rotatable bonds is 3. The van der Waals surface area contributed by atoms with Crippen LogP contribution in [-0.4, -0.2) is 30.1 Å². The van der Waals surface area contributed by atoms with Gasteiger partial charge in [0.1, 0.15) is 5.75 Å². The van der Waals surface area contributed by atoms with Crippen molar-refractivity contribution in [2.75, 3.05) is 13.1 Å². The lowest BCUT2D eigenvalue weighted by molar-refractivity contribution is 0.0949. The van der Waals surface area contributed by atoms with Crippen molar-refractivity contribution < 1.29 is 9.90 Å². The number of nitrogens with one attached hydrogen (secondary N) is 2. The van der Waals surface area contributed by atoms with E-state index in [0.29, 0.717) is 18.2 Å². The van der Waals surface area contributed by atoms with Crippen LogP contribution in [0.1, 0.15) is 36.0 Å². The highest BCUT2D eigenvalue weighted by Gasteiger charge is 2.13. The van der Waals surface area contributed by atoms with Crippen molar-refractivity contribution in [3.63, 3.8) is 0 Å². The molecule has 1 saturated heterocycles. The standard InChI is InChI=1S/C14H19ClN2O2/c15-12-8-10(5-6-13(12)18)14(19)17-9-11-4-2-1-3-7-16-11/h5-6,8,11,16,18H,1-4,7,9H2,(H,17,19)/t11-/m0/s1. The second kappa shape index (κ2) is 6.78. The Kier molecular flexibility index (Phi) is 5.05. The summed E-state index contributed by atoms with van der Waals surface area (Å²) in [4.78, 5) is 12.0. The molecule has 104 valence electrons. The molecule has 4 nitrogen and oxygen atoms in total. The molecule has 0 radical (unpaired) electrons. The maximum atomic E-state index is 12.0. The Hall–Kier alpha value is -1.26. The quantitative estimate of drug-likeness (QED) is 0.797. The Labute approximate surface area is 118 Å². The fraction of sp³-hybridized carbons (Fsp3) is 0.500. The molecular formula is C14H19ClN2O2. The molecule has 0 aromatic heterocycles. The molecule has 1 atom stereocenters. The van der Waals surface area contributed by atoms with E-state index in [1.807, 2.05) is 0 Å². The third-order valence-electron chi connectivity index (χ3n) is 3.38. The highest BCUT2D eigenvalue weighted by molar-refractivity contribution is 6.32. The average molecular weight is 283 g/mol. The third-order valence-corrected chi connectivity index (χ3v) is 3.68. The fourth-order valence-electron chi connectivity index (χ4n) is 2.24. The Morgan fingerprint density at radius 1 is 1.42 bits per heavy atom. The first-order valence-electron chi connectivity index (χ1n) is 6.67. The average Bonchev–Trinajstić information content (AvgIpc) is 2.67. The van der Waals surface area contributed by atoms with E-state index in [1.54, 1.807) is 6.07 Å². The fourth-order valence-corrected chi connectivity index (χ4v) is 2.42. The van der Waals surface area contributed by atoms with Crippen molar-refractivity contribution in [1.82, 2.24) is 10.6 Å². The molecule has 0 bridgehead atoms. The summed E-state index contributed by atoms with van der Waals surface area (Å²) < 4.78 is 0. The molecule has 1 aromatic rings. The first kappa shape index (κ1) is 14.2. The molecule has 1 amide bonds. The molecule has 1 aromatic carbocycles. The number of halogens is 1. The van der Waals surface area contributed by atoms with Gasteiger partial charge in [0.05, 0.1) is 5.02 Å². The van der Waals surface area contributed by atoms with E-state index >= 15 is 0 Å². The predicted molar refractivity (Wildman–Crippen MR) is 75.7 cm³/mol. The van der Waals surface area contributed by atoms with Gasteiger partial charge in [-0.3, -0.25) is 4.79 Å². The molecule has 0 spiro atoms. The van der Waals surface area contributed by atoms with E-state index in [2.05, 4.69) is 10.6 Å². The van der Waals surface area contributed by atoms with Crippen LogP contribution in [0, 0.1) is 0 Å². The molecule has 1 fully saturated rings. The molecule has 0 unspecified atom stereocenters. The van der Waals surface area contributed by atoms with Crippen LogP contribution in [0.15, 0.2) is 18.2 Å². The van der Waals surface area contributed by atoms with Crippen LogP contribution in [0.25, 0.3) is 0 Å². The predicted octanol–water partition coefficient (Wildman–Crippen LogP) is 2.31. The minimum absolute atomic E-state index is 0.0105. The number of hydrogen-bond acceptors (Lipinski definition) is 3. The van der Waals surface area contributed by atoms with Gasteiger partial charge >= 0.3 is 0 Å². The normalized spacial score (nSPS) is 19.7. The molecule has 1 aliphatic heterocycles. The van der Waals surface area contributed by atoms with Gasteiger partial charge in [0.2, 0.25) is 0 Å². The van der Waals surface area contributed by atoms with Crippen molar-refractivity contribution in [1.29, 1.82) is 0 Å². The Morgan fingerprint density at radius 2 is 2.26 bits per heavy atom. The van der Waals surface area contributed by atoms with Crippen LogP contribution >= 0.6 is 11.6 Å². The molecule has 0 aliphatic carbocycles. The summed E-state index contributed by atoms with van der Waals surface area (Å²) in [6.45, 7) is 1.64. The van der Waals surface area contributed by atoms with Crippen molar-refractivity contribution >= 4 is 17.5 Å². The van der Waals surface area contributed by atoms with Gasteiger partial charge in [-0.2, -0.15) is 0 Å². The number of amides is 1. The number of carbonyl (C=O) groups is 1. The zero-order chi connectivity index (χ0) is 13.7. The Bertz CT molecular complexity index is 443. The number of carbonyl (C=O) groups excluding carboxylic acids is 1. The topological polar surface area (TPSA) is 61.4 Å². The van der Waals surface area contributed by atoms with Crippen LogP contribution in [-0.2, 0) is 0 Å². The van der Waals surface area contributed by atoms with Gasteiger partial charge in [0.25, 0.3) is 5.91 Å². The summed E-state index contributed by atoms with van der Waals surface area (Å²) in [5, 5.41) is 15.8. The van der Waals surface area contributed by atoms with Gasteiger partial charge in [0, 0.05) is 18.2 Å². The molecule has 5 heteroatoms. The van der Waals surface area contributed by atoms with E-state index in [0.717, 1.165) is 13.0 Å². The van der Waals surface area contributed by atoms with E-state index in [9.17, 15) is 9.90 Å². The van der Waals surface area contributed by atoms with Gasteiger partial charge in [-0.25, -0.2) is 0 Å². The summed E-state index contributed by atoms with van der Waals surface area (Å²) in [5.74, 6) is -0.170. The summed E-state index contributed by atoms with van der Waals surface area (Å²) in [7, 11) is 0. The highest BCUT2D eigenvalue weighted by atomic mass is 35.5. The number of hydrogen-bond donors (Lipinski definition) is 3. The minimum atomic E-state index is -0.159. The van der Waals surface area contributed by atoms with Gasteiger partial charge in [0.15, 0.2) is 0 Å².